The summed E-state index contributed by atoms with van der Waals surface area (Å²) in [7, 11) is 4.89. The van der Waals surface area contributed by atoms with Crippen molar-refractivity contribution in [2.45, 2.75) is 6.54 Å². The molecule has 3 rings (SSSR count). The Morgan fingerprint density at radius 3 is 2.31 bits per heavy atom. The van der Waals surface area contributed by atoms with E-state index in [2.05, 4.69) is 9.98 Å². The molecule has 0 radical (unpaired) electrons. The molecule has 0 aliphatic heterocycles. The molecule has 0 saturated carbocycles. The number of hydrogen-bond donors (Lipinski definition) is 2. The molecule has 7 heteroatoms. The van der Waals surface area contributed by atoms with Crippen LogP contribution in [0.1, 0.15) is 11.3 Å². The van der Waals surface area contributed by atoms with Gasteiger partial charge in [0.15, 0.2) is 0 Å². The van der Waals surface area contributed by atoms with Gasteiger partial charge in [-0.05, 0) is 36.4 Å². The molecule has 0 spiro atoms. The minimum absolute atomic E-state index is 0. The van der Waals surface area contributed by atoms with Crippen LogP contribution < -0.4 is 19.9 Å². The van der Waals surface area contributed by atoms with E-state index in [9.17, 15) is 0 Å². The van der Waals surface area contributed by atoms with E-state index in [4.69, 9.17) is 19.9 Å². The van der Waals surface area contributed by atoms with Crippen molar-refractivity contribution < 1.29 is 14.2 Å². The Kier molecular flexibility index (Phi) is 6.36. The van der Waals surface area contributed by atoms with Gasteiger partial charge in [0.05, 0.1) is 39.1 Å². The second-order valence-corrected chi connectivity index (χ2v) is 5.48. The first-order valence-corrected chi connectivity index (χ1v) is 7.83. The summed E-state index contributed by atoms with van der Waals surface area (Å²) in [4.78, 5) is 7.76. The standard InChI is InChI=1S/C19H21N3O3.ClH/c1-23-13-7-8-15-12(9-13)10-16(22-15)19(20)21-11-14-17(24-2)5-4-6-18(14)25-3;/h4-10,22H,11H2,1-3H3,(H2,20,21);1H. The fourth-order valence-electron chi connectivity index (χ4n) is 2.71. The number of aromatic amines is 1. The number of nitrogens with zero attached hydrogens (tertiary/aromatic N) is 1. The van der Waals surface area contributed by atoms with Crippen LogP contribution in [0.3, 0.4) is 0 Å². The number of amidine groups is 1. The van der Waals surface area contributed by atoms with E-state index >= 15 is 0 Å². The number of nitrogens with one attached hydrogen (secondary N) is 1. The van der Waals surface area contributed by atoms with Crippen LogP contribution in [0, 0.1) is 0 Å². The van der Waals surface area contributed by atoms with E-state index in [0.717, 1.165) is 39.4 Å². The highest BCUT2D eigenvalue weighted by molar-refractivity contribution is 6.00. The van der Waals surface area contributed by atoms with Crippen LogP contribution in [0.5, 0.6) is 17.2 Å². The highest BCUT2D eigenvalue weighted by Gasteiger charge is 2.10. The van der Waals surface area contributed by atoms with E-state index < -0.39 is 0 Å². The summed E-state index contributed by atoms with van der Waals surface area (Å²) in [5, 5.41) is 1.02. The Morgan fingerprint density at radius 2 is 1.69 bits per heavy atom. The van der Waals surface area contributed by atoms with Crippen molar-refractivity contribution in [3.8, 4) is 17.2 Å². The molecule has 0 amide bonds. The molecule has 2 aromatic carbocycles. The van der Waals surface area contributed by atoms with Gasteiger partial charge < -0.3 is 24.9 Å². The molecule has 0 bridgehead atoms. The van der Waals surface area contributed by atoms with Crippen molar-refractivity contribution in [2.75, 3.05) is 21.3 Å². The molecule has 6 nitrogen and oxygen atoms in total. The minimum atomic E-state index is 0. The highest BCUT2D eigenvalue weighted by Crippen LogP contribution is 2.29. The quantitative estimate of drug-likeness (QED) is 0.510. The van der Waals surface area contributed by atoms with Gasteiger partial charge in [0.25, 0.3) is 0 Å². The van der Waals surface area contributed by atoms with Crippen LogP contribution in [-0.4, -0.2) is 32.1 Å². The van der Waals surface area contributed by atoms with E-state index in [0.29, 0.717) is 12.4 Å². The maximum absolute atomic E-state index is 6.17. The van der Waals surface area contributed by atoms with Crippen molar-refractivity contribution in [1.29, 1.82) is 0 Å². The predicted molar refractivity (Wildman–Crippen MR) is 106 cm³/mol. The van der Waals surface area contributed by atoms with Crippen LogP contribution in [0.25, 0.3) is 10.9 Å². The van der Waals surface area contributed by atoms with Gasteiger partial charge in [0.1, 0.15) is 23.1 Å². The molecular formula is C19H22ClN3O3. The summed E-state index contributed by atoms with van der Waals surface area (Å²) in [6.07, 6.45) is 0. The molecule has 0 aliphatic rings. The molecule has 3 aromatic rings. The summed E-state index contributed by atoms with van der Waals surface area (Å²) in [5.74, 6) is 2.66. The molecule has 0 atom stereocenters. The van der Waals surface area contributed by atoms with E-state index in [-0.39, 0.29) is 12.4 Å². The van der Waals surface area contributed by atoms with Crippen LogP contribution in [0.4, 0.5) is 0 Å². The van der Waals surface area contributed by atoms with Crippen LogP contribution in [0.15, 0.2) is 47.5 Å². The van der Waals surface area contributed by atoms with Crippen molar-refractivity contribution >= 4 is 29.1 Å². The van der Waals surface area contributed by atoms with Crippen LogP contribution in [0.2, 0.25) is 0 Å². The summed E-state index contributed by atoms with van der Waals surface area (Å²) in [5.41, 5.74) is 8.76. The van der Waals surface area contributed by atoms with Gasteiger partial charge in [-0.1, -0.05) is 6.07 Å². The number of aliphatic imine (C=N–C) groups is 1. The number of rotatable bonds is 6. The van der Waals surface area contributed by atoms with Gasteiger partial charge in [-0.25, -0.2) is 0 Å². The highest BCUT2D eigenvalue weighted by atomic mass is 35.5. The first-order chi connectivity index (χ1) is 12.2. The molecule has 0 fully saturated rings. The molecule has 1 heterocycles. The third-order valence-corrected chi connectivity index (χ3v) is 4.04. The average molecular weight is 376 g/mol. The molecule has 138 valence electrons. The number of H-pyrrole nitrogens is 1. The third-order valence-electron chi connectivity index (χ3n) is 4.04. The number of halogens is 1. The first kappa shape index (κ1) is 19.5. The van der Waals surface area contributed by atoms with Gasteiger partial charge >= 0.3 is 0 Å². The molecule has 0 aliphatic carbocycles. The average Bonchev–Trinajstić information content (AvgIpc) is 3.08. The monoisotopic (exact) mass is 375 g/mol. The third kappa shape index (κ3) is 3.86. The maximum Gasteiger partial charge on any atom is 0.142 e. The lowest BCUT2D eigenvalue weighted by Crippen LogP contribution is -2.14. The van der Waals surface area contributed by atoms with Crippen molar-refractivity contribution in [3.05, 3.63) is 53.7 Å². The molecule has 0 saturated heterocycles. The van der Waals surface area contributed by atoms with E-state index in [1.54, 1.807) is 21.3 Å². The number of aromatic nitrogens is 1. The molecular weight excluding hydrogens is 354 g/mol. The second-order valence-electron chi connectivity index (χ2n) is 5.48. The Bertz CT molecular complexity index is 899. The number of methoxy groups -OCH3 is 3. The second kappa shape index (κ2) is 8.49. The zero-order valence-corrected chi connectivity index (χ0v) is 15.7. The minimum Gasteiger partial charge on any atom is -0.497 e. The molecule has 0 unspecified atom stereocenters. The zero-order valence-electron chi connectivity index (χ0n) is 14.9. The topological polar surface area (TPSA) is 81.9 Å². The SMILES string of the molecule is COc1ccc2[nH]c(C(N)=NCc3c(OC)cccc3OC)cc2c1.Cl. The Balaban J connectivity index is 0.00000243. The number of nitrogens with two attached hydrogens (primary N) is 1. The lowest BCUT2D eigenvalue weighted by molar-refractivity contribution is 0.385. The summed E-state index contributed by atoms with van der Waals surface area (Å²) < 4.78 is 16.0. The first-order valence-electron chi connectivity index (χ1n) is 7.83. The summed E-state index contributed by atoms with van der Waals surface area (Å²) >= 11 is 0. The van der Waals surface area contributed by atoms with Gasteiger partial charge in [0.2, 0.25) is 0 Å². The van der Waals surface area contributed by atoms with Crippen molar-refractivity contribution in [3.63, 3.8) is 0 Å². The Morgan fingerprint density at radius 1 is 1.00 bits per heavy atom. The molecule has 3 N–H and O–H groups in total. The van der Waals surface area contributed by atoms with Crippen molar-refractivity contribution in [2.24, 2.45) is 10.7 Å². The maximum atomic E-state index is 6.17. The molecule has 26 heavy (non-hydrogen) atoms. The van der Waals surface area contributed by atoms with E-state index in [1.807, 2.05) is 42.5 Å². The number of fused-ring (bicyclic) bond motifs is 1. The summed E-state index contributed by atoms with van der Waals surface area (Å²) in [6.45, 7) is 0.359. The fourth-order valence-corrected chi connectivity index (χ4v) is 2.71. The Labute approximate surface area is 158 Å². The molecule has 1 aromatic heterocycles. The normalized spacial score (nSPS) is 11.1. The van der Waals surface area contributed by atoms with Crippen LogP contribution in [-0.2, 0) is 6.54 Å². The number of ether oxygens (including phenoxy) is 3. The van der Waals surface area contributed by atoms with Gasteiger partial charge in [0, 0.05) is 10.9 Å². The lowest BCUT2D eigenvalue weighted by Gasteiger charge is -2.11. The zero-order chi connectivity index (χ0) is 17.8. The number of benzene rings is 2. The smallest absolute Gasteiger partial charge is 0.142 e. The van der Waals surface area contributed by atoms with E-state index in [1.165, 1.54) is 0 Å². The fraction of sp³-hybridized carbons (Fsp3) is 0.211. The lowest BCUT2D eigenvalue weighted by atomic mass is 10.1. The van der Waals surface area contributed by atoms with Gasteiger partial charge in [-0.3, -0.25) is 4.99 Å². The van der Waals surface area contributed by atoms with Crippen LogP contribution >= 0.6 is 12.4 Å². The predicted octanol–water partition coefficient (Wildman–Crippen LogP) is 3.52. The van der Waals surface area contributed by atoms with Gasteiger partial charge in [-0.2, -0.15) is 0 Å². The van der Waals surface area contributed by atoms with Crippen molar-refractivity contribution in [1.82, 2.24) is 4.98 Å². The van der Waals surface area contributed by atoms with Gasteiger partial charge in [-0.15, -0.1) is 12.4 Å². The largest absolute Gasteiger partial charge is 0.497 e. The number of hydrogen-bond acceptors (Lipinski definition) is 4. The Hall–Kier alpha value is -2.86. The summed E-state index contributed by atoms with van der Waals surface area (Å²) in [6, 6.07) is 13.4.